The maximum Gasteiger partial charge on any atom is 0.750 e. The van der Waals surface area contributed by atoms with Gasteiger partial charge in [-0.05, 0) is 19.1 Å². The van der Waals surface area contributed by atoms with Gasteiger partial charge in [0.2, 0.25) is 6.61 Å². The van der Waals surface area contributed by atoms with Gasteiger partial charge in [-0.1, -0.05) is 22.7 Å². The zero-order chi connectivity index (χ0) is 11.8. The van der Waals surface area contributed by atoms with Crippen molar-refractivity contribution in [3.05, 3.63) is 30.3 Å². The van der Waals surface area contributed by atoms with Crippen LogP contribution in [-0.4, -0.2) is 19.2 Å². The molecule has 86 valence electrons. The zero-order valence-corrected chi connectivity index (χ0v) is 9.68. The first kappa shape index (κ1) is 12.6. The van der Waals surface area contributed by atoms with Crippen molar-refractivity contribution in [2.45, 2.75) is 6.92 Å². The highest BCUT2D eigenvalue weighted by Crippen LogP contribution is 2.27. The Morgan fingerprint density at radius 1 is 1.31 bits per heavy atom. The average molecular weight is 243 g/mol. The van der Waals surface area contributed by atoms with Crippen LogP contribution in [0, 0.1) is 0 Å². The third-order valence-electron chi connectivity index (χ3n) is 1.52. The second-order valence-electron chi connectivity index (χ2n) is 2.71. The molecule has 0 spiro atoms. The minimum Gasteiger partial charge on any atom is -0.464 e. The summed E-state index contributed by atoms with van der Waals surface area (Å²) < 4.78 is 25.4. The molecule has 0 bridgehead atoms. The molecule has 16 heavy (non-hydrogen) atoms. The number of benzene rings is 1. The number of carbonyl (C=O) groups is 1. The topological polar surface area (TPSA) is 61.8 Å². The largest absolute Gasteiger partial charge is 0.750 e. The lowest BCUT2D eigenvalue weighted by Gasteiger charge is -1.95. The quantitative estimate of drug-likeness (QED) is 0.566. The lowest BCUT2D eigenvalue weighted by Crippen LogP contribution is -2.10. The van der Waals surface area contributed by atoms with E-state index in [1.54, 1.807) is 37.3 Å². The van der Waals surface area contributed by atoms with Crippen LogP contribution in [0.25, 0.3) is 0 Å². The van der Waals surface area contributed by atoms with Crippen LogP contribution in [0.15, 0.2) is 30.3 Å². The van der Waals surface area contributed by atoms with Crippen LogP contribution < -0.4 is 4.52 Å². The molecule has 0 N–H and O–H groups in total. The smallest absolute Gasteiger partial charge is 0.464 e. The zero-order valence-electron chi connectivity index (χ0n) is 8.79. The van der Waals surface area contributed by atoms with Crippen molar-refractivity contribution < 1.29 is 23.1 Å². The molecule has 6 heteroatoms. The molecule has 0 aliphatic carbocycles. The van der Waals surface area contributed by atoms with Crippen LogP contribution in [0.5, 0.6) is 5.75 Å². The molecule has 0 saturated heterocycles. The van der Waals surface area contributed by atoms with E-state index in [1.165, 1.54) is 0 Å². The van der Waals surface area contributed by atoms with Crippen LogP contribution in [0.2, 0.25) is 0 Å². The van der Waals surface area contributed by atoms with E-state index in [0.717, 1.165) is 0 Å². The van der Waals surface area contributed by atoms with Gasteiger partial charge in [0, 0.05) is 4.57 Å². The molecule has 0 amide bonds. The molecular formula is C10H12O5P+. The van der Waals surface area contributed by atoms with E-state index in [2.05, 4.69) is 9.26 Å². The van der Waals surface area contributed by atoms with Crippen molar-refractivity contribution in [1.29, 1.82) is 0 Å². The van der Waals surface area contributed by atoms with E-state index in [-0.39, 0.29) is 13.2 Å². The highest BCUT2D eigenvalue weighted by molar-refractivity contribution is 7.33. The molecule has 0 aromatic heterocycles. The summed E-state index contributed by atoms with van der Waals surface area (Å²) >= 11 is 0. The second-order valence-corrected chi connectivity index (χ2v) is 3.59. The van der Waals surface area contributed by atoms with Gasteiger partial charge >= 0.3 is 14.2 Å². The Morgan fingerprint density at radius 3 is 2.62 bits per heavy atom. The van der Waals surface area contributed by atoms with Gasteiger partial charge in [0.05, 0.1) is 6.61 Å². The molecule has 0 saturated carbocycles. The molecule has 1 rings (SSSR count). The molecule has 0 radical (unpaired) electrons. The number of para-hydroxylation sites is 1. The van der Waals surface area contributed by atoms with Gasteiger partial charge in [-0.15, -0.1) is 0 Å². The van der Waals surface area contributed by atoms with Crippen LogP contribution in [0.4, 0.5) is 0 Å². The van der Waals surface area contributed by atoms with Gasteiger partial charge in [-0.2, -0.15) is 0 Å². The lowest BCUT2D eigenvalue weighted by atomic mass is 10.3. The van der Waals surface area contributed by atoms with Crippen molar-refractivity contribution in [3.63, 3.8) is 0 Å². The summed E-state index contributed by atoms with van der Waals surface area (Å²) in [6.45, 7) is 1.56. The van der Waals surface area contributed by atoms with Crippen LogP contribution in [0.3, 0.4) is 0 Å². The molecule has 1 aromatic carbocycles. The van der Waals surface area contributed by atoms with E-state index < -0.39 is 14.2 Å². The monoisotopic (exact) mass is 243 g/mol. The maximum absolute atomic E-state index is 11.2. The summed E-state index contributed by atoms with van der Waals surface area (Å²) in [4.78, 5) is 10.9. The van der Waals surface area contributed by atoms with E-state index >= 15 is 0 Å². The Balaban J connectivity index is 2.29. The van der Waals surface area contributed by atoms with Gasteiger partial charge < -0.3 is 4.74 Å². The number of carbonyl (C=O) groups excluding carboxylic acids is 1. The van der Waals surface area contributed by atoms with Crippen molar-refractivity contribution in [1.82, 2.24) is 0 Å². The van der Waals surface area contributed by atoms with Crippen LogP contribution in [-0.2, 0) is 18.6 Å². The highest BCUT2D eigenvalue weighted by Gasteiger charge is 2.24. The molecule has 1 unspecified atom stereocenters. The molecule has 0 fully saturated rings. The summed E-state index contributed by atoms with van der Waals surface area (Å²) in [6.07, 6.45) is 0. The normalized spacial score (nSPS) is 10.7. The molecule has 0 aliphatic rings. The van der Waals surface area contributed by atoms with Crippen molar-refractivity contribution in [2.24, 2.45) is 0 Å². The minimum absolute atomic E-state index is 0.262. The van der Waals surface area contributed by atoms with Crippen molar-refractivity contribution in [3.8, 4) is 5.75 Å². The fraction of sp³-hybridized carbons (Fsp3) is 0.300. The maximum atomic E-state index is 11.2. The Kier molecular flexibility index (Phi) is 5.46. The lowest BCUT2D eigenvalue weighted by molar-refractivity contribution is -0.145. The Hall–Kier alpha value is -1.45. The highest BCUT2D eigenvalue weighted by atomic mass is 31.1. The number of hydrogen-bond donors (Lipinski definition) is 0. The summed E-state index contributed by atoms with van der Waals surface area (Å²) in [5.74, 6) is -0.144. The van der Waals surface area contributed by atoms with Gasteiger partial charge in [0.1, 0.15) is 0 Å². The third kappa shape index (κ3) is 4.87. The first-order chi connectivity index (χ1) is 7.72. The average Bonchev–Trinajstić information content (AvgIpc) is 2.28. The molecule has 1 atom stereocenters. The minimum atomic E-state index is -2.35. The fourth-order valence-corrected chi connectivity index (χ4v) is 1.46. The van der Waals surface area contributed by atoms with Gasteiger partial charge in [0.15, 0.2) is 5.75 Å². The van der Waals surface area contributed by atoms with Crippen LogP contribution >= 0.6 is 8.25 Å². The van der Waals surface area contributed by atoms with E-state index in [0.29, 0.717) is 5.75 Å². The first-order valence-corrected chi connectivity index (χ1v) is 5.80. The number of esters is 1. The van der Waals surface area contributed by atoms with Gasteiger partial charge in [0.25, 0.3) is 0 Å². The number of rotatable bonds is 6. The predicted octanol–water partition coefficient (Wildman–Crippen LogP) is 2.30. The molecule has 0 aliphatic heterocycles. The van der Waals surface area contributed by atoms with Crippen molar-refractivity contribution >= 4 is 14.2 Å². The molecule has 5 nitrogen and oxygen atoms in total. The number of ether oxygens (including phenoxy) is 1. The van der Waals surface area contributed by atoms with Gasteiger partial charge in [-0.25, -0.2) is 9.32 Å². The molecule has 1 aromatic rings. The second kappa shape index (κ2) is 6.93. The van der Waals surface area contributed by atoms with Crippen molar-refractivity contribution in [2.75, 3.05) is 13.2 Å². The molecular weight excluding hydrogens is 231 g/mol. The molecule has 0 heterocycles. The van der Waals surface area contributed by atoms with Gasteiger partial charge in [-0.3, -0.25) is 0 Å². The van der Waals surface area contributed by atoms with Crippen LogP contribution in [0.1, 0.15) is 6.92 Å². The summed E-state index contributed by atoms with van der Waals surface area (Å²) in [6, 6.07) is 8.56. The number of hydrogen-bond acceptors (Lipinski definition) is 5. The standard InChI is InChI=1S/C10H12O5P/c1-2-13-10(11)8-14-16(12)15-9-6-4-3-5-7-9/h3-7H,2,8H2,1H3/q+1. The Morgan fingerprint density at radius 2 is 2.00 bits per heavy atom. The third-order valence-corrected chi connectivity index (χ3v) is 2.22. The van der Waals surface area contributed by atoms with E-state index in [4.69, 9.17) is 4.52 Å². The fourth-order valence-electron chi connectivity index (χ4n) is 0.902. The first-order valence-electron chi connectivity index (χ1n) is 4.71. The SMILES string of the molecule is CCOC(=O)CO[P+](=O)Oc1ccccc1. The summed E-state index contributed by atoms with van der Waals surface area (Å²) in [5.41, 5.74) is 0. The summed E-state index contributed by atoms with van der Waals surface area (Å²) in [7, 11) is -2.35. The predicted molar refractivity (Wildman–Crippen MR) is 57.3 cm³/mol. The Labute approximate surface area is 94.3 Å². The Bertz CT molecular complexity index is 351. The van der Waals surface area contributed by atoms with E-state index in [1.807, 2.05) is 0 Å². The summed E-state index contributed by atoms with van der Waals surface area (Å²) in [5, 5.41) is 0. The van der Waals surface area contributed by atoms with E-state index in [9.17, 15) is 9.36 Å².